The molecule has 0 unspecified atom stereocenters. The van der Waals surface area contributed by atoms with Crippen LogP contribution in [0.1, 0.15) is 40.3 Å². The molecule has 4 nitrogen and oxygen atoms in total. The van der Waals surface area contributed by atoms with Crippen molar-refractivity contribution in [1.82, 2.24) is 14.9 Å². The number of fused-ring (bicyclic) bond motifs is 1. The standard InChI is InChI=1S/C22H20FN3O/c1-14-19-12-18(23)9-8-16(19)10-11-26(14)22(27)20-13-24-15(2)25-21(20)17-6-4-3-5-7-17/h3-9,12-14H,10-11H2,1-2H3/t14-/m1/s1. The third-order valence-electron chi connectivity index (χ3n) is 5.10. The second kappa shape index (κ2) is 6.91. The van der Waals surface area contributed by atoms with Crippen molar-refractivity contribution in [3.63, 3.8) is 0 Å². The lowest BCUT2D eigenvalue weighted by molar-refractivity contribution is 0.0677. The van der Waals surface area contributed by atoms with Crippen molar-refractivity contribution >= 4 is 5.91 Å². The lowest BCUT2D eigenvalue weighted by Gasteiger charge is -2.35. The Bertz CT molecular complexity index is 1000. The molecule has 1 amide bonds. The summed E-state index contributed by atoms with van der Waals surface area (Å²) in [4.78, 5) is 23.9. The second-order valence-electron chi connectivity index (χ2n) is 6.81. The molecule has 0 radical (unpaired) electrons. The normalized spacial score (nSPS) is 16.1. The van der Waals surface area contributed by atoms with Crippen LogP contribution in [0.3, 0.4) is 0 Å². The molecular formula is C22H20FN3O. The highest BCUT2D eigenvalue weighted by Gasteiger charge is 2.30. The zero-order chi connectivity index (χ0) is 19.0. The molecule has 5 heteroatoms. The first-order chi connectivity index (χ1) is 13.0. The van der Waals surface area contributed by atoms with Gasteiger partial charge in [-0.2, -0.15) is 0 Å². The molecule has 2 heterocycles. The number of hydrogen-bond acceptors (Lipinski definition) is 3. The fourth-order valence-corrected chi connectivity index (χ4v) is 3.66. The van der Waals surface area contributed by atoms with Crippen molar-refractivity contribution in [3.8, 4) is 11.3 Å². The molecule has 0 bridgehead atoms. The average molecular weight is 361 g/mol. The van der Waals surface area contributed by atoms with Crippen molar-refractivity contribution in [2.24, 2.45) is 0 Å². The van der Waals surface area contributed by atoms with Crippen molar-refractivity contribution in [2.75, 3.05) is 6.54 Å². The van der Waals surface area contributed by atoms with E-state index in [1.807, 2.05) is 50.2 Å². The summed E-state index contributed by atoms with van der Waals surface area (Å²) in [5.74, 6) is 0.208. The summed E-state index contributed by atoms with van der Waals surface area (Å²) < 4.78 is 13.7. The lowest BCUT2D eigenvalue weighted by atomic mass is 9.92. The van der Waals surface area contributed by atoms with Crippen LogP contribution in [-0.2, 0) is 6.42 Å². The zero-order valence-corrected chi connectivity index (χ0v) is 15.3. The molecule has 4 rings (SSSR count). The van der Waals surface area contributed by atoms with Crippen LogP contribution in [0.2, 0.25) is 0 Å². The van der Waals surface area contributed by atoms with Gasteiger partial charge in [0.15, 0.2) is 0 Å². The van der Waals surface area contributed by atoms with Gasteiger partial charge in [-0.05, 0) is 43.5 Å². The number of rotatable bonds is 2. The van der Waals surface area contributed by atoms with E-state index in [0.29, 0.717) is 30.0 Å². The van der Waals surface area contributed by atoms with Gasteiger partial charge in [-0.1, -0.05) is 36.4 Å². The summed E-state index contributed by atoms with van der Waals surface area (Å²) in [6.07, 6.45) is 2.31. The Labute approximate surface area is 157 Å². The molecule has 0 spiro atoms. The highest BCUT2D eigenvalue weighted by molar-refractivity contribution is 6.00. The monoisotopic (exact) mass is 361 g/mol. The summed E-state index contributed by atoms with van der Waals surface area (Å²) in [6.45, 7) is 4.33. The van der Waals surface area contributed by atoms with E-state index in [-0.39, 0.29) is 17.8 Å². The van der Waals surface area contributed by atoms with E-state index in [9.17, 15) is 9.18 Å². The summed E-state index contributed by atoms with van der Waals surface area (Å²) in [5.41, 5.74) is 3.94. The second-order valence-corrected chi connectivity index (χ2v) is 6.81. The first-order valence-electron chi connectivity index (χ1n) is 9.03. The van der Waals surface area contributed by atoms with E-state index < -0.39 is 0 Å². The Morgan fingerprint density at radius 3 is 2.74 bits per heavy atom. The van der Waals surface area contributed by atoms with Crippen molar-refractivity contribution in [2.45, 2.75) is 26.3 Å². The molecule has 0 saturated carbocycles. The number of benzene rings is 2. The van der Waals surface area contributed by atoms with Crippen LogP contribution in [0.5, 0.6) is 0 Å². The van der Waals surface area contributed by atoms with Gasteiger partial charge in [0, 0.05) is 18.3 Å². The smallest absolute Gasteiger partial charge is 0.258 e. The number of carbonyl (C=O) groups excluding carboxylic acids is 1. The highest BCUT2D eigenvalue weighted by Crippen LogP contribution is 2.32. The van der Waals surface area contributed by atoms with E-state index in [4.69, 9.17) is 0 Å². The first kappa shape index (κ1) is 17.3. The molecule has 3 aromatic rings. The molecule has 0 aliphatic carbocycles. The minimum atomic E-state index is -0.279. The molecular weight excluding hydrogens is 341 g/mol. The first-order valence-corrected chi connectivity index (χ1v) is 9.03. The molecule has 1 aliphatic heterocycles. The molecule has 0 saturated heterocycles. The quantitative estimate of drug-likeness (QED) is 0.682. The molecule has 27 heavy (non-hydrogen) atoms. The van der Waals surface area contributed by atoms with Crippen LogP contribution in [-0.4, -0.2) is 27.3 Å². The summed E-state index contributed by atoms with van der Waals surface area (Å²) >= 11 is 0. The molecule has 0 N–H and O–H groups in total. The zero-order valence-electron chi connectivity index (χ0n) is 15.3. The van der Waals surface area contributed by atoms with Crippen LogP contribution in [0.15, 0.2) is 54.7 Å². The predicted molar refractivity (Wildman–Crippen MR) is 102 cm³/mol. The number of carbonyl (C=O) groups is 1. The fraction of sp³-hybridized carbons (Fsp3) is 0.227. The number of aryl methyl sites for hydroxylation is 1. The largest absolute Gasteiger partial charge is 0.331 e. The molecule has 1 atom stereocenters. The van der Waals surface area contributed by atoms with Crippen LogP contribution >= 0.6 is 0 Å². The van der Waals surface area contributed by atoms with E-state index in [1.165, 1.54) is 12.1 Å². The van der Waals surface area contributed by atoms with Gasteiger partial charge in [0.05, 0.1) is 17.3 Å². The van der Waals surface area contributed by atoms with Crippen molar-refractivity contribution in [3.05, 3.63) is 83.1 Å². The maximum absolute atomic E-state index is 13.7. The molecule has 0 fully saturated rings. The van der Waals surface area contributed by atoms with Crippen LogP contribution in [0.4, 0.5) is 4.39 Å². The Hall–Kier alpha value is -3.08. The van der Waals surface area contributed by atoms with Gasteiger partial charge in [-0.15, -0.1) is 0 Å². The van der Waals surface area contributed by atoms with Gasteiger partial charge in [0.25, 0.3) is 5.91 Å². The summed E-state index contributed by atoms with van der Waals surface area (Å²) in [6, 6.07) is 14.2. The number of nitrogens with zero attached hydrogens (tertiary/aromatic N) is 3. The molecule has 2 aromatic carbocycles. The summed E-state index contributed by atoms with van der Waals surface area (Å²) in [7, 11) is 0. The van der Waals surface area contributed by atoms with Crippen molar-refractivity contribution in [1.29, 1.82) is 0 Å². The van der Waals surface area contributed by atoms with Crippen LogP contribution in [0, 0.1) is 12.7 Å². The minimum Gasteiger partial charge on any atom is -0.331 e. The van der Waals surface area contributed by atoms with E-state index in [0.717, 1.165) is 16.7 Å². The topological polar surface area (TPSA) is 46.1 Å². The van der Waals surface area contributed by atoms with E-state index in [2.05, 4.69) is 9.97 Å². The number of halogens is 1. The van der Waals surface area contributed by atoms with Crippen molar-refractivity contribution < 1.29 is 9.18 Å². The van der Waals surface area contributed by atoms with Gasteiger partial charge < -0.3 is 4.90 Å². The van der Waals surface area contributed by atoms with Gasteiger partial charge in [-0.3, -0.25) is 4.79 Å². The minimum absolute atomic E-state index is 0.128. The van der Waals surface area contributed by atoms with Crippen LogP contribution in [0.25, 0.3) is 11.3 Å². The van der Waals surface area contributed by atoms with Gasteiger partial charge in [0.1, 0.15) is 11.6 Å². The van der Waals surface area contributed by atoms with E-state index >= 15 is 0 Å². The Balaban J connectivity index is 1.74. The number of aromatic nitrogens is 2. The fourth-order valence-electron chi connectivity index (χ4n) is 3.66. The molecule has 136 valence electrons. The average Bonchev–Trinajstić information content (AvgIpc) is 2.69. The summed E-state index contributed by atoms with van der Waals surface area (Å²) in [5, 5.41) is 0. The number of hydrogen-bond donors (Lipinski definition) is 0. The Morgan fingerprint density at radius 2 is 1.96 bits per heavy atom. The van der Waals surface area contributed by atoms with Crippen LogP contribution < -0.4 is 0 Å². The SMILES string of the molecule is Cc1ncc(C(=O)N2CCc3ccc(F)cc3[C@H]2C)c(-c2ccccc2)n1. The molecule has 1 aromatic heterocycles. The predicted octanol–water partition coefficient (Wildman–Crippen LogP) is 4.35. The number of amides is 1. The van der Waals surface area contributed by atoms with Gasteiger partial charge in [-0.25, -0.2) is 14.4 Å². The lowest BCUT2D eigenvalue weighted by Crippen LogP contribution is -2.39. The Morgan fingerprint density at radius 1 is 1.19 bits per heavy atom. The van der Waals surface area contributed by atoms with Gasteiger partial charge in [0.2, 0.25) is 0 Å². The molecule has 1 aliphatic rings. The highest BCUT2D eigenvalue weighted by atomic mass is 19.1. The van der Waals surface area contributed by atoms with E-state index in [1.54, 1.807) is 11.1 Å². The third kappa shape index (κ3) is 3.21. The third-order valence-corrected chi connectivity index (χ3v) is 5.10. The Kier molecular flexibility index (Phi) is 4.44. The van der Waals surface area contributed by atoms with Gasteiger partial charge >= 0.3 is 0 Å². The maximum atomic E-state index is 13.7. The maximum Gasteiger partial charge on any atom is 0.258 e.